The van der Waals surface area contributed by atoms with Gasteiger partial charge in [-0.15, -0.1) is 0 Å². The van der Waals surface area contributed by atoms with Crippen molar-refractivity contribution in [1.82, 2.24) is 4.98 Å². The second kappa shape index (κ2) is 7.95. The van der Waals surface area contributed by atoms with Crippen molar-refractivity contribution in [3.8, 4) is 0 Å². The van der Waals surface area contributed by atoms with Gasteiger partial charge in [-0.25, -0.2) is 4.79 Å². The van der Waals surface area contributed by atoms with Crippen LogP contribution in [0.2, 0.25) is 10.0 Å². The van der Waals surface area contributed by atoms with Gasteiger partial charge in [0.1, 0.15) is 0 Å². The number of ether oxygens (including phenoxy) is 1. The quantitative estimate of drug-likeness (QED) is 0.555. The highest BCUT2D eigenvalue weighted by molar-refractivity contribution is 6.31. The minimum Gasteiger partial charge on any atom is -0.478 e. The molecule has 0 unspecified atom stereocenters. The number of carboxylic acids is 1. The van der Waals surface area contributed by atoms with Gasteiger partial charge in [0.15, 0.2) is 0 Å². The molecule has 0 amide bonds. The molecule has 1 aliphatic rings. The van der Waals surface area contributed by atoms with E-state index in [9.17, 15) is 9.90 Å². The normalized spacial score (nSPS) is 14.9. The van der Waals surface area contributed by atoms with Gasteiger partial charge in [-0.1, -0.05) is 23.2 Å². The number of nitrogens with one attached hydrogen (secondary N) is 1. The van der Waals surface area contributed by atoms with Crippen LogP contribution in [0.1, 0.15) is 34.7 Å². The van der Waals surface area contributed by atoms with Crippen LogP contribution in [0.3, 0.4) is 0 Å². The summed E-state index contributed by atoms with van der Waals surface area (Å²) in [7, 11) is 0. The van der Waals surface area contributed by atoms with Gasteiger partial charge in [0, 0.05) is 34.8 Å². The van der Waals surface area contributed by atoms with Crippen LogP contribution >= 0.6 is 23.2 Å². The fourth-order valence-electron chi connectivity index (χ4n) is 3.57. The first kappa shape index (κ1) is 19.0. The highest BCUT2D eigenvalue weighted by atomic mass is 35.5. The maximum Gasteiger partial charge on any atom is 0.337 e. The number of rotatable bonds is 4. The van der Waals surface area contributed by atoms with E-state index in [-0.39, 0.29) is 11.5 Å². The number of carboxylic acid groups (broad SMARTS) is 1. The molecular weight excluding hydrogens is 399 g/mol. The highest BCUT2D eigenvalue weighted by Crippen LogP contribution is 2.39. The number of aromatic nitrogens is 1. The van der Waals surface area contributed by atoms with E-state index in [1.807, 2.05) is 18.3 Å². The predicted octanol–water partition coefficient (Wildman–Crippen LogP) is 5.88. The Hall–Kier alpha value is -2.34. The number of halogens is 2. The smallest absolute Gasteiger partial charge is 0.337 e. The van der Waals surface area contributed by atoms with Crippen molar-refractivity contribution >= 4 is 51.4 Å². The fraction of sp³-hybridized carbons (Fsp3) is 0.238. The number of benzene rings is 2. The Labute approximate surface area is 172 Å². The summed E-state index contributed by atoms with van der Waals surface area (Å²) in [6, 6.07) is 10.3. The number of anilines is 2. The molecule has 0 atom stereocenters. The van der Waals surface area contributed by atoms with Crippen molar-refractivity contribution in [2.75, 3.05) is 18.5 Å². The van der Waals surface area contributed by atoms with Gasteiger partial charge in [-0.2, -0.15) is 0 Å². The van der Waals surface area contributed by atoms with Crippen LogP contribution in [0, 0.1) is 0 Å². The number of hydrogen-bond donors (Lipinski definition) is 2. The van der Waals surface area contributed by atoms with Crippen LogP contribution in [0.25, 0.3) is 10.9 Å². The second-order valence-electron chi connectivity index (χ2n) is 6.76. The summed E-state index contributed by atoms with van der Waals surface area (Å²) in [6.45, 7) is 1.39. The molecule has 28 heavy (non-hydrogen) atoms. The number of nitrogens with zero attached hydrogens (tertiary/aromatic N) is 1. The van der Waals surface area contributed by atoms with E-state index < -0.39 is 5.97 Å². The second-order valence-corrected chi connectivity index (χ2v) is 7.63. The minimum atomic E-state index is -1.05. The maximum atomic E-state index is 11.7. The molecule has 1 aliphatic heterocycles. The third-order valence-electron chi connectivity index (χ3n) is 4.99. The molecule has 2 heterocycles. The van der Waals surface area contributed by atoms with E-state index in [1.165, 1.54) is 6.07 Å². The number of carbonyl (C=O) groups is 1. The van der Waals surface area contributed by atoms with Gasteiger partial charge in [-0.05, 0) is 60.7 Å². The van der Waals surface area contributed by atoms with Crippen molar-refractivity contribution in [1.29, 1.82) is 0 Å². The number of fused-ring (bicyclic) bond motifs is 1. The average Bonchev–Trinajstić information content (AvgIpc) is 2.70. The molecule has 2 aromatic carbocycles. The lowest BCUT2D eigenvalue weighted by Crippen LogP contribution is -2.16. The third-order valence-corrected chi connectivity index (χ3v) is 5.46. The molecule has 5 nitrogen and oxygen atoms in total. The largest absolute Gasteiger partial charge is 0.478 e. The Morgan fingerprint density at radius 1 is 1.11 bits per heavy atom. The first-order chi connectivity index (χ1) is 13.5. The van der Waals surface area contributed by atoms with Crippen LogP contribution in [-0.4, -0.2) is 29.3 Å². The van der Waals surface area contributed by atoms with Crippen molar-refractivity contribution in [3.63, 3.8) is 0 Å². The van der Waals surface area contributed by atoms with Gasteiger partial charge in [0.25, 0.3) is 0 Å². The summed E-state index contributed by atoms with van der Waals surface area (Å²) < 4.78 is 5.50. The van der Waals surface area contributed by atoms with Crippen LogP contribution in [0.15, 0.2) is 42.6 Å². The number of pyridine rings is 1. The Bertz CT molecular complexity index is 1050. The molecule has 1 saturated heterocycles. The zero-order chi connectivity index (χ0) is 19.7. The predicted molar refractivity (Wildman–Crippen MR) is 111 cm³/mol. The first-order valence-corrected chi connectivity index (χ1v) is 9.74. The lowest BCUT2D eigenvalue weighted by Gasteiger charge is -2.26. The number of hydrogen-bond acceptors (Lipinski definition) is 4. The van der Waals surface area contributed by atoms with Crippen molar-refractivity contribution in [2.24, 2.45) is 0 Å². The van der Waals surface area contributed by atoms with E-state index in [4.69, 9.17) is 27.9 Å². The van der Waals surface area contributed by atoms with Crippen molar-refractivity contribution in [3.05, 3.63) is 63.8 Å². The molecule has 2 N–H and O–H groups in total. The van der Waals surface area contributed by atoms with E-state index in [1.54, 1.807) is 18.2 Å². The zero-order valence-corrected chi connectivity index (χ0v) is 16.4. The van der Waals surface area contributed by atoms with Gasteiger partial charge < -0.3 is 15.2 Å². The molecule has 7 heteroatoms. The SMILES string of the molecule is O=C(O)c1cc(Cl)ccc1Nc1c(C2CCOCC2)cnc2ccc(Cl)cc12. The molecule has 0 bridgehead atoms. The summed E-state index contributed by atoms with van der Waals surface area (Å²) in [5, 5.41) is 14.7. The van der Waals surface area contributed by atoms with E-state index in [0.717, 1.165) is 35.0 Å². The molecule has 0 spiro atoms. The summed E-state index contributed by atoms with van der Waals surface area (Å²) in [4.78, 5) is 16.3. The lowest BCUT2D eigenvalue weighted by atomic mass is 9.90. The molecule has 1 fully saturated rings. The Balaban J connectivity index is 1.88. The van der Waals surface area contributed by atoms with E-state index >= 15 is 0 Å². The minimum absolute atomic E-state index is 0.109. The van der Waals surface area contributed by atoms with E-state index in [2.05, 4.69) is 10.3 Å². The molecule has 0 radical (unpaired) electrons. The van der Waals surface area contributed by atoms with Crippen LogP contribution in [0.4, 0.5) is 11.4 Å². The summed E-state index contributed by atoms with van der Waals surface area (Å²) in [5.74, 6) is -0.776. The summed E-state index contributed by atoms with van der Waals surface area (Å²) in [5.41, 5.74) is 3.22. The molecule has 0 saturated carbocycles. The van der Waals surface area contributed by atoms with Gasteiger partial charge >= 0.3 is 5.97 Å². The van der Waals surface area contributed by atoms with Gasteiger partial charge in [-0.3, -0.25) is 4.98 Å². The third kappa shape index (κ3) is 3.78. The average molecular weight is 417 g/mol. The summed E-state index contributed by atoms with van der Waals surface area (Å²) >= 11 is 12.2. The molecule has 3 aromatic rings. The lowest BCUT2D eigenvalue weighted by molar-refractivity contribution is 0.0698. The fourth-order valence-corrected chi connectivity index (χ4v) is 3.92. The van der Waals surface area contributed by atoms with E-state index in [0.29, 0.717) is 28.9 Å². The van der Waals surface area contributed by atoms with Gasteiger partial charge in [0.2, 0.25) is 0 Å². The maximum absolute atomic E-state index is 11.7. The molecule has 144 valence electrons. The van der Waals surface area contributed by atoms with Crippen LogP contribution < -0.4 is 5.32 Å². The monoisotopic (exact) mass is 416 g/mol. The molecular formula is C21H18Cl2N2O3. The van der Waals surface area contributed by atoms with Crippen LogP contribution in [-0.2, 0) is 4.74 Å². The number of aromatic carboxylic acids is 1. The Kier molecular flexibility index (Phi) is 5.40. The van der Waals surface area contributed by atoms with Crippen LogP contribution in [0.5, 0.6) is 0 Å². The first-order valence-electron chi connectivity index (χ1n) is 8.98. The Morgan fingerprint density at radius 3 is 2.57 bits per heavy atom. The zero-order valence-electron chi connectivity index (χ0n) is 14.9. The van der Waals surface area contributed by atoms with Crippen molar-refractivity contribution in [2.45, 2.75) is 18.8 Å². The Morgan fingerprint density at radius 2 is 1.82 bits per heavy atom. The van der Waals surface area contributed by atoms with Gasteiger partial charge in [0.05, 0.1) is 22.5 Å². The molecule has 1 aromatic heterocycles. The standard InChI is InChI=1S/C21H18Cl2N2O3/c22-13-1-3-18-15(9-13)20(17(11-24-18)12-5-7-28-8-6-12)25-19-4-2-14(23)10-16(19)21(26)27/h1-4,9-12H,5-8H2,(H,24,25)(H,26,27). The van der Waals surface area contributed by atoms with Crippen molar-refractivity contribution < 1.29 is 14.6 Å². The summed E-state index contributed by atoms with van der Waals surface area (Å²) in [6.07, 6.45) is 3.63. The molecule has 0 aliphatic carbocycles. The molecule has 4 rings (SSSR count). The highest BCUT2D eigenvalue weighted by Gasteiger charge is 2.22. The topological polar surface area (TPSA) is 71.5 Å².